The van der Waals surface area contributed by atoms with Crippen LogP contribution in [-0.2, 0) is 19.6 Å². The summed E-state index contributed by atoms with van der Waals surface area (Å²) in [6.07, 6.45) is 2.81. The summed E-state index contributed by atoms with van der Waals surface area (Å²) < 4.78 is 5.92. The van der Waals surface area contributed by atoms with E-state index in [9.17, 15) is 4.79 Å². The van der Waals surface area contributed by atoms with Gasteiger partial charge in [-0.3, -0.25) is 0 Å². The highest BCUT2D eigenvalue weighted by Gasteiger charge is 2.18. The Morgan fingerprint density at radius 1 is 1.00 bits per heavy atom. The third-order valence-electron chi connectivity index (χ3n) is 6.05. The predicted molar refractivity (Wildman–Crippen MR) is 135 cm³/mol. The fourth-order valence-electron chi connectivity index (χ4n) is 4.17. The van der Waals surface area contributed by atoms with Crippen LogP contribution in [-0.4, -0.2) is 31.1 Å². The number of anilines is 2. The predicted octanol–water partition coefficient (Wildman–Crippen LogP) is 5.60. The van der Waals surface area contributed by atoms with Gasteiger partial charge in [-0.2, -0.15) is 5.26 Å². The fraction of sp³-hybridized carbons (Fsp3) is 0.286. The minimum Gasteiger partial charge on any atom is -0.489 e. The van der Waals surface area contributed by atoms with E-state index in [0.29, 0.717) is 19.6 Å². The fourth-order valence-corrected chi connectivity index (χ4v) is 4.17. The van der Waals surface area contributed by atoms with Crippen LogP contribution in [0.5, 0.6) is 5.75 Å². The number of amides is 2. The Morgan fingerprint density at radius 3 is 2.41 bits per heavy atom. The quantitative estimate of drug-likeness (QED) is 0.481. The maximum atomic E-state index is 13.0. The van der Waals surface area contributed by atoms with E-state index in [1.165, 1.54) is 18.5 Å². The molecule has 0 unspecified atom stereocenters. The highest BCUT2D eigenvalue weighted by atomic mass is 16.5. The number of carbonyl (C=O) groups is 1. The molecule has 3 aromatic rings. The molecule has 1 fully saturated rings. The van der Waals surface area contributed by atoms with Gasteiger partial charge in [-0.25, -0.2) is 4.79 Å². The van der Waals surface area contributed by atoms with Gasteiger partial charge in [0.1, 0.15) is 12.4 Å². The van der Waals surface area contributed by atoms with Crippen molar-refractivity contribution in [1.82, 2.24) is 4.90 Å². The molecule has 0 atom stereocenters. The molecule has 2 amide bonds. The molecule has 0 aliphatic carbocycles. The Hall–Kier alpha value is -3.98. The van der Waals surface area contributed by atoms with Gasteiger partial charge in [0.2, 0.25) is 0 Å². The second-order valence-corrected chi connectivity index (χ2v) is 8.53. The van der Waals surface area contributed by atoms with Gasteiger partial charge in [0.05, 0.1) is 12.5 Å². The van der Waals surface area contributed by atoms with E-state index in [-0.39, 0.29) is 6.03 Å². The molecule has 1 N–H and O–H groups in total. The Kier molecular flexibility index (Phi) is 7.67. The number of carbonyl (C=O) groups excluding carboxylic acids is 1. The van der Waals surface area contributed by atoms with E-state index >= 15 is 0 Å². The standard InChI is InChI=1S/C28H30N4O2/c1-31(20-23-8-3-5-11-27(23)32-18-6-7-19-32)28(33)30-26-10-4-2-9-24(26)21-34-25-14-12-22(13-15-25)16-17-29/h2-5,8-15H,6-7,16,18-21H2,1H3,(H,30,33). The lowest BCUT2D eigenvalue weighted by molar-refractivity contribution is 0.220. The molecule has 4 rings (SSSR count). The Balaban J connectivity index is 1.38. The highest BCUT2D eigenvalue weighted by Crippen LogP contribution is 2.26. The largest absolute Gasteiger partial charge is 0.489 e. The number of nitrogens with one attached hydrogen (secondary N) is 1. The van der Waals surface area contributed by atoms with Crippen LogP contribution in [0.3, 0.4) is 0 Å². The lowest BCUT2D eigenvalue weighted by atomic mass is 10.1. The van der Waals surface area contributed by atoms with Crippen molar-refractivity contribution in [3.63, 3.8) is 0 Å². The summed E-state index contributed by atoms with van der Waals surface area (Å²) in [6.45, 7) is 3.00. The van der Waals surface area contributed by atoms with Crippen molar-refractivity contribution < 1.29 is 9.53 Å². The van der Waals surface area contributed by atoms with Crippen LogP contribution in [0.1, 0.15) is 29.5 Å². The minimum absolute atomic E-state index is 0.162. The van der Waals surface area contributed by atoms with Crippen molar-refractivity contribution in [1.29, 1.82) is 5.26 Å². The van der Waals surface area contributed by atoms with E-state index in [1.54, 1.807) is 4.90 Å². The maximum Gasteiger partial charge on any atom is 0.321 e. The molecular formula is C28H30N4O2. The van der Waals surface area contributed by atoms with Crippen molar-refractivity contribution >= 4 is 17.4 Å². The molecule has 3 aromatic carbocycles. The van der Waals surface area contributed by atoms with Crippen LogP contribution < -0.4 is 15.0 Å². The zero-order chi connectivity index (χ0) is 23.8. The monoisotopic (exact) mass is 454 g/mol. The molecule has 0 spiro atoms. The normalized spacial score (nSPS) is 12.8. The lowest BCUT2D eigenvalue weighted by Gasteiger charge is -2.25. The number of hydrogen-bond acceptors (Lipinski definition) is 4. The first-order chi connectivity index (χ1) is 16.6. The summed E-state index contributed by atoms with van der Waals surface area (Å²) in [4.78, 5) is 17.1. The number of urea groups is 1. The number of nitrogens with zero attached hydrogens (tertiary/aromatic N) is 3. The first-order valence-electron chi connectivity index (χ1n) is 11.7. The zero-order valence-corrected chi connectivity index (χ0v) is 19.5. The second-order valence-electron chi connectivity index (χ2n) is 8.53. The molecule has 6 nitrogen and oxygen atoms in total. The molecule has 1 aliphatic heterocycles. The van der Waals surface area contributed by atoms with Gasteiger partial charge in [0.15, 0.2) is 0 Å². The van der Waals surface area contributed by atoms with Crippen molar-refractivity contribution in [2.45, 2.75) is 32.4 Å². The van der Waals surface area contributed by atoms with Gasteiger partial charge in [0, 0.05) is 43.6 Å². The van der Waals surface area contributed by atoms with Crippen LogP contribution in [0, 0.1) is 11.3 Å². The van der Waals surface area contributed by atoms with Crippen LogP contribution >= 0.6 is 0 Å². The molecule has 1 aliphatic rings. The van der Waals surface area contributed by atoms with Gasteiger partial charge in [-0.1, -0.05) is 48.5 Å². The Bertz CT molecular complexity index is 1150. The number of ether oxygens (including phenoxy) is 1. The van der Waals surface area contributed by atoms with E-state index in [2.05, 4.69) is 34.5 Å². The van der Waals surface area contributed by atoms with Gasteiger partial charge in [0.25, 0.3) is 0 Å². The molecule has 174 valence electrons. The van der Waals surface area contributed by atoms with Gasteiger partial charge in [-0.05, 0) is 48.2 Å². The first-order valence-corrected chi connectivity index (χ1v) is 11.7. The molecule has 6 heteroatoms. The number of para-hydroxylation sites is 2. The van der Waals surface area contributed by atoms with Gasteiger partial charge >= 0.3 is 6.03 Å². The van der Waals surface area contributed by atoms with E-state index < -0.39 is 0 Å². The number of hydrogen-bond donors (Lipinski definition) is 1. The Morgan fingerprint density at radius 2 is 1.68 bits per heavy atom. The molecule has 1 heterocycles. The first kappa shape index (κ1) is 23.2. The van der Waals surface area contributed by atoms with Crippen LogP contribution in [0.4, 0.5) is 16.2 Å². The third-order valence-corrected chi connectivity index (χ3v) is 6.05. The minimum atomic E-state index is -0.162. The van der Waals surface area contributed by atoms with E-state index in [4.69, 9.17) is 10.00 Å². The smallest absolute Gasteiger partial charge is 0.321 e. The van der Waals surface area contributed by atoms with Crippen molar-refractivity contribution in [2.24, 2.45) is 0 Å². The van der Waals surface area contributed by atoms with Crippen molar-refractivity contribution in [2.75, 3.05) is 30.4 Å². The lowest BCUT2D eigenvalue weighted by Crippen LogP contribution is -2.32. The van der Waals surface area contributed by atoms with Crippen LogP contribution in [0.2, 0.25) is 0 Å². The van der Waals surface area contributed by atoms with Gasteiger partial charge < -0.3 is 19.9 Å². The summed E-state index contributed by atoms with van der Waals surface area (Å²) in [7, 11) is 1.82. The molecule has 0 radical (unpaired) electrons. The maximum absolute atomic E-state index is 13.0. The van der Waals surface area contributed by atoms with Crippen molar-refractivity contribution in [3.8, 4) is 11.8 Å². The molecule has 0 aromatic heterocycles. The van der Waals surface area contributed by atoms with Crippen LogP contribution in [0.25, 0.3) is 0 Å². The summed E-state index contributed by atoms with van der Waals surface area (Å²) in [5, 5.41) is 11.8. The summed E-state index contributed by atoms with van der Waals surface area (Å²) in [5.74, 6) is 0.721. The van der Waals surface area contributed by atoms with E-state index in [1.807, 2.05) is 61.6 Å². The summed E-state index contributed by atoms with van der Waals surface area (Å²) in [6, 6.07) is 25.5. The zero-order valence-electron chi connectivity index (χ0n) is 19.5. The SMILES string of the molecule is CN(Cc1ccccc1N1CCCC1)C(=O)Nc1ccccc1COc1ccc(CC#N)cc1. The molecular weight excluding hydrogens is 424 g/mol. The average Bonchev–Trinajstić information content (AvgIpc) is 3.40. The molecule has 0 saturated carbocycles. The topological polar surface area (TPSA) is 68.6 Å². The van der Waals surface area contributed by atoms with Crippen molar-refractivity contribution in [3.05, 3.63) is 89.5 Å². The number of rotatable bonds is 8. The van der Waals surface area contributed by atoms with Crippen LogP contribution in [0.15, 0.2) is 72.8 Å². The van der Waals surface area contributed by atoms with Gasteiger partial charge in [-0.15, -0.1) is 0 Å². The Labute approximate surface area is 201 Å². The summed E-state index contributed by atoms with van der Waals surface area (Å²) in [5.41, 5.74) is 4.95. The summed E-state index contributed by atoms with van der Waals surface area (Å²) >= 11 is 0. The number of nitriles is 1. The highest BCUT2D eigenvalue weighted by molar-refractivity contribution is 5.90. The average molecular weight is 455 g/mol. The van der Waals surface area contributed by atoms with E-state index in [0.717, 1.165) is 41.2 Å². The second kappa shape index (κ2) is 11.2. The molecule has 0 bridgehead atoms. The number of benzene rings is 3. The molecule has 34 heavy (non-hydrogen) atoms. The molecule has 1 saturated heterocycles. The third kappa shape index (κ3) is 5.87.